The normalized spacial score (nSPS) is 16.9. The van der Waals surface area contributed by atoms with Gasteiger partial charge in [0.1, 0.15) is 9.84 Å². The molecule has 0 aliphatic rings. The van der Waals surface area contributed by atoms with Crippen LogP contribution in [0.4, 0.5) is 0 Å². The van der Waals surface area contributed by atoms with Gasteiger partial charge < -0.3 is 9.84 Å². The molecule has 0 aromatic rings. The Balaban J connectivity index is 3.89. The number of aliphatic hydroxyl groups excluding tert-OH is 1. The molecule has 0 aromatic carbocycles. The standard InChI is InChI=1S/C8H18O4S/c1-7(4-5-12-2)8(9)6-13(3,10)11/h7-9H,4-6H2,1-3H3. The Bertz CT molecular complexity index is 222. The molecule has 0 aliphatic heterocycles. The Morgan fingerprint density at radius 3 is 2.38 bits per heavy atom. The van der Waals surface area contributed by atoms with Crippen molar-refractivity contribution in [3.8, 4) is 0 Å². The summed E-state index contributed by atoms with van der Waals surface area (Å²) in [6, 6.07) is 0. The third kappa shape index (κ3) is 6.98. The molecule has 13 heavy (non-hydrogen) atoms. The first-order valence-electron chi connectivity index (χ1n) is 4.21. The van der Waals surface area contributed by atoms with Gasteiger partial charge in [-0.15, -0.1) is 0 Å². The molecule has 0 fully saturated rings. The third-order valence-electron chi connectivity index (χ3n) is 1.91. The van der Waals surface area contributed by atoms with E-state index in [4.69, 9.17) is 4.74 Å². The van der Waals surface area contributed by atoms with Gasteiger partial charge in [-0.2, -0.15) is 0 Å². The van der Waals surface area contributed by atoms with Crippen LogP contribution in [-0.2, 0) is 14.6 Å². The van der Waals surface area contributed by atoms with Crippen molar-refractivity contribution in [2.45, 2.75) is 19.4 Å². The fraction of sp³-hybridized carbons (Fsp3) is 1.00. The number of hydrogen-bond acceptors (Lipinski definition) is 4. The van der Waals surface area contributed by atoms with Crippen LogP contribution in [0, 0.1) is 5.92 Å². The maximum atomic E-state index is 10.8. The Hall–Kier alpha value is -0.130. The van der Waals surface area contributed by atoms with Crippen LogP contribution >= 0.6 is 0 Å². The van der Waals surface area contributed by atoms with Gasteiger partial charge in [0.25, 0.3) is 0 Å². The molecule has 0 rings (SSSR count). The maximum absolute atomic E-state index is 10.8. The lowest BCUT2D eigenvalue weighted by molar-refractivity contribution is 0.104. The average Bonchev–Trinajstić information content (AvgIpc) is 1.96. The molecule has 2 unspecified atom stereocenters. The summed E-state index contributed by atoms with van der Waals surface area (Å²) >= 11 is 0. The second-order valence-electron chi connectivity index (χ2n) is 3.42. The Morgan fingerprint density at radius 1 is 1.46 bits per heavy atom. The van der Waals surface area contributed by atoms with Crippen molar-refractivity contribution in [2.75, 3.05) is 25.7 Å². The quantitative estimate of drug-likeness (QED) is 0.673. The van der Waals surface area contributed by atoms with Crippen molar-refractivity contribution in [1.29, 1.82) is 0 Å². The molecule has 1 N–H and O–H groups in total. The molecule has 0 saturated carbocycles. The lowest BCUT2D eigenvalue weighted by Gasteiger charge is -2.17. The summed E-state index contributed by atoms with van der Waals surface area (Å²) in [7, 11) is -1.51. The number of ether oxygens (including phenoxy) is 1. The summed E-state index contributed by atoms with van der Waals surface area (Å²) in [5, 5.41) is 9.45. The smallest absolute Gasteiger partial charge is 0.150 e. The zero-order chi connectivity index (χ0) is 10.5. The number of rotatable bonds is 6. The van der Waals surface area contributed by atoms with E-state index in [-0.39, 0.29) is 11.7 Å². The SMILES string of the molecule is COCCC(C)C(O)CS(C)(=O)=O. The van der Waals surface area contributed by atoms with E-state index < -0.39 is 15.9 Å². The van der Waals surface area contributed by atoms with Gasteiger partial charge in [-0.3, -0.25) is 0 Å². The van der Waals surface area contributed by atoms with Gasteiger partial charge in [-0.1, -0.05) is 6.92 Å². The second-order valence-corrected chi connectivity index (χ2v) is 5.60. The highest BCUT2D eigenvalue weighted by Gasteiger charge is 2.18. The Kier molecular flexibility index (Phi) is 5.51. The van der Waals surface area contributed by atoms with Crippen LogP contribution in [0.2, 0.25) is 0 Å². The zero-order valence-corrected chi connectivity index (χ0v) is 9.17. The van der Waals surface area contributed by atoms with Gasteiger partial charge >= 0.3 is 0 Å². The minimum atomic E-state index is -3.08. The van der Waals surface area contributed by atoms with Gasteiger partial charge in [-0.25, -0.2) is 8.42 Å². The summed E-state index contributed by atoms with van der Waals surface area (Å²) in [5.41, 5.74) is 0. The number of aliphatic hydroxyl groups is 1. The highest BCUT2D eigenvalue weighted by molar-refractivity contribution is 7.90. The molecule has 5 heteroatoms. The monoisotopic (exact) mass is 210 g/mol. The molecule has 2 atom stereocenters. The lowest BCUT2D eigenvalue weighted by Crippen LogP contribution is -2.27. The molecule has 0 bridgehead atoms. The predicted octanol–water partition coefficient (Wildman–Crippen LogP) is 0.0645. The summed E-state index contributed by atoms with van der Waals surface area (Å²) in [4.78, 5) is 0. The molecule has 0 heterocycles. The van der Waals surface area contributed by atoms with Crippen molar-refractivity contribution in [3.63, 3.8) is 0 Å². The van der Waals surface area contributed by atoms with E-state index >= 15 is 0 Å². The number of sulfone groups is 1. The van der Waals surface area contributed by atoms with Crippen molar-refractivity contribution in [2.24, 2.45) is 5.92 Å². The van der Waals surface area contributed by atoms with Crippen LogP contribution in [0.5, 0.6) is 0 Å². The molecule has 0 aromatic heterocycles. The molecular formula is C8H18O4S. The lowest BCUT2D eigenvalue weighted by atomic mass is 10.0. The largest absolute Gasteiger partial charge is 0.392 e. The molecule has 4 nitrogen and oxygen atoms in total. The van der Waals surface area contributed by atoms with Crippen molar-refractivity contribution >= 4 is 9.84 Å². The van der Waals surface area contributed by atoms with Gasteiger partial charge in [0.2, 0.25) is 0 Å². The van der Waals surface area contributed by atoms with E-state index in [9.17, 15) is 13.5 Å². The molecule has 0 spiro atoms. The van der Waals surface area contributed by atoms with Crippen molar-refractivity contribution in [1.82, 2.24) is 0 Å². The summed E-state index contributed by atoms with van der Waals surface area (Å²) in [5.74, 6) is -0.215. The van der Waals surface area contributed by atoms with Gasteiger partial charge in [-0.05, 0) is 12.3 Å². The predicted molar refractivity (Wildman–Crippen MR) is 51.4 cm³/mol. The van der Waals surface area contributed by atoms with Gasteiger partial charge in [0, 0.05) is 20.0 Å². The van der Waals surface area contributed by atoms with E-state index in [1.54, 1.807) is 7.11 Å². The zero-order valence-electron chi connectivity index (χ0n) is 8.36. The van der Waals surface area contributed by atoms with Crippen LogP contribution in [0.25, 0.3) is 0 Å². The highest BCUT2D eigenvalue weighted by Crippen LogP contribution is 2.09. The first-order chi connectivity index (χ1) is 5.87. The van der Waals surface area contributed by atoms with E-state index in [2.05, 4.69) is 0 Å². The summed E-state index contributed by atoms with van der Waals surface area (Å²) < 4.78 is 26.5. The highest BCUT2D eigenvalue weighted by atomic mass is 32.2. The van der Waals surface area contributed by atoms with E-state index in [0.717, 1.165) is 6.26 Å². The summed E-state index contributed by atoms with van der Waals surface area (Å²) in [6.45, 7) is 2.36. The topological polar surface area (TPSA) is 63.6 Å². The Labute approximate surface area is 79.8 Å². The molecule has 80 valence electrons. The fourth-order valence-electron chi connectivity index (χ4n) is 0.971. The molecular weight excluding hydrogens is 192 g/mol. The molecule has 0 radical (unpaired) electrons. The van der Waals surface area contributed by atoms with Crippen molar-refractivity contribution in [3.05, 3.63) is 0 Å². The van der Waals surface area contributed by atoms with Crippen LogP contribution < -0.4 is 0 Å². The first-order valence-corrected chi connectivity index (χ1v) is 6.27. The Morgan fingerprint density at radius 2 is 2.00 bits per heavy atom. The second kappa shape index (κ2) is 5.57. The van der Waals surface area contributed by atoms with Crippen molar-refractivity contribution < 1.29 is 18.3 Å². The maximum Gasteiger partial charge on any atom is 0.150 e. The van der Waals surface area contributed by atoms with Crippen LogP contribution in [0.3, 0.4) is 0 Å². The average molecular weight is 210 g/mol. The first kappa shape index (κ1) is 12.9. The van der Waals surface area contributed by atoms with Crippen LogP contribution in [-0.4, -0.2) is 45.4 Å². The molecule has 0 aliphatic carbocycles. The minimum absolute atomic E-state index is 0.0466. The van der Waals surface area contributed by atoms with E-state index in [1.807, 2.05) is 6.92 Å². The summed E-state index contributed by atoms with van der Waals surface area (Å²) in [6.07, 6.45) is 1.01. The molecule has 0 saturated heterocycles. The minimum Gasteiger partial charge on any atom is -0.392 e. The third-order valence-corrected chi connectivity index (χ3v) is 2.85. The van der Waals surface area contributed by atoms with E-state index in [0.29, 0.717) is 13.0 Å². The van der Waals surface area contributed by atoms with Crippen LogP contribution in [0.1, 0.15) is 13.3 Å². The van der Waals surface area contributed by atoms with Gasteiger partial charge in [0.15, 0.2) is 0 Å². The van der Waals surface area contributed by atoms with Gasteiger partial charge in [0.05, 0.1) is 11.9 Å². The number of hydrogen-bond donors (Lipinski definition) is 1. The molecule has 0 amide bonds. The van der Waals surface area contributed by atoms with Crippen LogP contribution in [0.15, 0.2) is 0 Å². The number of methoxy groups -OCH3 is 1. The fourth-order valence-corrected chi connectivity index (χ4v) is 1.92. The van der Waals surface area contributed by atoms with E-state index in [1.165, 1.54) is 0 Å².